The Morgan fingerprint density at radius 2 is 0.850 bits per heavy atom. The zero-order chi connectivity index (χ0) is 27.7. The molecule has 0 saturated heterocycles. The smallest absolute Gasteiger partial charge is 0.115 e. The van der Waals surface area contributed by atoms with Gasteiger partial charge in [0.2, 0.25) is 0 Å². The lowest BCUT2D eigenvalue weighted by Gasteiger charge is -2.20. The molecule has 5 rings (SSSR count). The normalized spacial score (nSPS) is 11.8. The van der Waals surface area contributed by atoms with E-state index in [9.17, 15) is 5.11 Å². The number of fused-ring (bicyclic) bond motifs is 1. The van der Waals surface area contributed by atoms with Gasteiger partial charge in [-0.2, -0.15) is 20.5 Å². The Labute approximate surface area is 233 Å². The number of phenols is 1. The maximum atomic E-state index is 9.38. The van der Waals surface area contributed by atoms with Gasteiger partial charge in [-0.05, 0) is 98.8 Å². The molecular weight excluding hydrogens is 498 g/mol. The highest BCUT2D eigenvalue weighted by molar-refractivity contribution is 5.99. The van der Waals surface area contributed by atoms with Crippen molar-refractivity contribution in [2.24, 2.45) is 30.7 Å². The number of hydrogen-bond acceptors (Lipinski definition) is 8. The molecule has 0 aliphatic heterocycles. The monoisotopic (exact) mass is 527 g/mol. The van der Waals surface area contributed by atoms with Crippen LogP contribution >= 0.6 is 0 Å². The maximum absolute atomic E-state index is 9.38. The van der Waals surface area contributed by atoms with E-state index in [1.165, 1.54) is 5.69 Å². The molecule has 0 atom stereocenters. The highest BCUT2D eigenvalue weighted by Crippen LogP contribution is 2.35. The van der Waals surface area contributed by atoms with Crippen LogP contribution in [0, 0.1) is 0 Å². The molecule has 0 heterocycles. The van der Waals surface area contributed by atoms with Gasteiger partial charge in [0.1, 0.15) is 5.75 Å². The number of rotatable bonds is 9. The van der Waals surface area contributed by atoms with E-state index >= 15 is 0 Å². The van der Waals surface area contributed by atoms with Crippen LogP contribution in [0.3, 0.4) is 0 Å². The van der Waals surface area contributed by atoms with Crippen LogP contribution in [0.1, 0.15) is 13.8 Å². The largest absolute Gasteiger partial charge is 0.508 e. The first-order valence-corrected chi connectivity index (χ1v) is 13.1. The van der Waals surface area contributed by atoms with Gasteiger partial charge >= 0.3 is 0 Å². The third-order valence-electron chi connectivity index (χ3n) is 6.38. The van der Waals surface area contributed by atoms with Crippen LogP contribution in [0.2, 0.25) is 0 Å². The van der Waals surface area contributed by atoms with E-state index in [2.05, 4.69) is 61.6 Å². The van der Waals surface area contributed by atoms with Crippen LogP contribution in [0.25, 0.3) is 10.8 Å². The van der Waals surface area contributed by atoms with Crippen molar-refractivity contribution in [1.82, 2.24) is 0 Å². The van der Waals surface area contributed by atoms with Gasteiger partial charge in [0, 0.05) is 29.5 Å². The van der Waals surface area contributed by atoms with Crippen LogP contribution in [0.15, 0.2) is 140 Å². The van der Waals surface area contributed by atoms with Gasteiger partial charge in [0.05, 0.1) is 34.1 Å². The standard InChI is InChI=1S/C32H29N7O/c1-3-39(4-2)27-17-13-25(14-18-27)36-38-32-22-21-31(29-7-5-6-8-30(29)32)37-35-24-11-9-23(10-12-24)33-34-26-15-19-28(40)20-16-26/h5-22,40H,3-4H2,1-2H3. The van der Waals surface area contributed by atoms with Crippen molar-refractivity contribution in [2.45, 2.75) is 13.8 Å². The van der Waals surface area contributed by atoms with Gasteiger partial charge in [-0.3, -0.25) is 0 Å². The predicted octanol–water partition coefficient (Wildman–Crippen LogP) is 10.6. The van der Waals surface area contributed by atoms with E-state index in [0.29, 0.717) is 17.1 Å². The average molecular weight is 528 g/mol. The molecule has 0 aliphatic carbocycles. The van der Waals surface area contributed by atoms with Gasteiger partial charge in [-0.25, -0.2) is 0 Å². The molecule has 0 bridgehead atoms. The van der Waals surface area contributed by atoms with Crippen LogP contribution < -0.4 is 4.90 Å². The molecule has 8 heteroatoms. The number of benzene rings is 5. The zero-order valence-electron chi connectivity index (χ0n) is 22.4. The summed E-state index contributed by atoms with van der Waals surface area (Å²) in [5, 5.41) is 37.6. The van der Waals surface area contributed by atoms with E-state index in [1.807, 2.05) is 72.8 Å². The summed E-state index contributed by atoms with van der Waals surface area (Å²) in [6, 6.07) is 33.8. The summed E-state index contributed by atoms with van der Waals surface area (Å²) in [5.74, 6) is 0.192. The van der Waals surface area contributed by atoms with Gasteiger partial charge in [0.25, 0.3) is 0 Å². The summed E-state index contributed by atoms with van der Waals surface area (Å²) in [6.07, 6.45) is 0. The fourth-order valence-corrected chi connectivity index (χ4v) is 4.20. The lowest BCUT2D eigenvalue weighted by atomic mass is 10.1. The highest BCUT2D eigenvalue weighted by Gasteiger charge is 2.06. The first-order chi connectivity index (χ1) is 19.6. The number of nitrogens with zero attached hydrogens (tertiary/aromatic N) is 7. The van der Waals surface area contributed by atoms with E-state index in [0.717, 1.165) is 40.9 Å². The fraction of sp³-hybridized carbons (Fsp3) is 0.125. The minimum atomic E-state index is 0.192. The topological polar surface area (TPSA) is 97.6 Å². The molecule has 0 aliphatic rings. The number of aromatic hydroxyl groups is 1. The van der Waals surface area contributed by atoms with Crippen LogP contribution in [0.4, 0.5) is 39.8 Å². The Bertz CT molecular complexity index is 1660. The minimum absolute atomic E-state index is 0.192. The Hall–Kier alpha value is -5.24. The molecule has 198 valence electrons. The second kappa shape index (κ2) is 12.5. The van der Waals surface area contributed by atoms with E-state index in [4.69, 9.17) is 0 Å². The first kappa shape index (κ1) is 26.4. The van der Waals surface area contributed by atoms with Crippen molar-refractivity contribution in [3.63, 3.8) is 0 Å². The number of phenolic OH excluding ortho intramolecular Hbond substituents is 1. The summed E-state index contributed by atoms with van der Waals surface area (Å²) >= 11 is 0. The van der Waals surface area contributed by atoms with Crippen molar-refractivity contribution in [1.29, 1.82) is 0 Å². The molecule has 0 spiro atoms. The molecule has 0 saturated carbocycles. The molecule has 40 heavy (non-hydrogen) atoms. The summed E-state index contributed by atoms with van der Waals surface area (Å²) in [4.78, 5) is 2.29. The molecule has 0 unspecified atom stereocenters. The quantitative estimate of drug-likeness (QED) is 0.193. The minimum Gasteiger partial charge on any atom is -0.508 e. The van der Waals surface area contributed by atoms with Gasteiger partial charge in [-0.1, -0.05) is 24.3 Å². The van der Waals surface area contributed by atoms with Crippen molar-refractivity contribution < 1.29 is 5.11 Å². The van der Waals surface area contributed by atoms with E-state index in [1.54, 1.807) is 24.3 Å². The first-order valence-electron chi connectivity index (χ1n) is 13.1. The second-order valence-corrected chi connectivity index (χ2v) is 8.97. The summed E-state index contributed by atoms with van der Waals surface area (Å²) in [7, 11) is 0. The van der Waals surface area contributed by atoms with Crippen molar-refractivity contribution >= 4 is 50.6 Å². The Morgan fingerprint density at radius 3 is 1.27 bits per heavy atom. The lowest BCUT2D eigenvalue weighted by molar-refractivity contribution is 0.475. The van der Waals surface area contributed by atoms with E-state index < -0.39 is 0 Å². The maximum Gasteiger partial charge on any atom is 0.115 e. The van der Waals surface area contributed by atoms with Crippen molar-refractivity contribution in [3.8, 4) is 5.75 Å². The molecular formula is C32H29N7O. The summed E-state index contributed by atoms with van der Waals surface area (Å²) < 4.78 is 0. The third-order valence-corrected chi connectivity index (χ3v) is 6.38. The van der Waals surface area contributed by atoms with Gasteiger partial charge < -0.3 is 10.0 Å². The Kier molecular flexibility index (Phi) is 8.26. The zero-order valence-corrected chi connectivity index (χ0v) is 22.4. The second-order valence-electron chi connectivity index (χ2n) is 8.97. The third kappa shape index (κ3) is 6.42. The molecule has 1 N–H and O–H groups in total. The van der Waals surface area contributed by atoms with Crippen LogP contribution in [-0.4, -0.2) is 18.2 Å². The average Bonchev–Trinajstić information content (AvgIpc) is 3.00. The van der Waals surface area contributed by atoms with Crippen molar-refractivity contribution in [3.05, 3.63) is 109 Å². The number of azo groups is 3. The molecule has 0 aromatic heterocycles. The highest BCUT2D eigenvalue weighted by atomic mass is 16.3. The van der Waals surface area contributed by atoms with Crippen molar-refractivity contribution in [2.75, 3.05) is 18.0 Å². The van der Waals surface area contributed by atoms with E-state index in [-0.39, 0.29) is 5.75 Å². The molecule has 5 aromatic carbocycles. The lowest BCUT2D eigenvalue weighted by Crippen LogP contribution is -2.21. The molecule has 0 radical (unpaired) electrons. The summed E-state index contributed by atoms with van der Waals surface area (Å²) in [6.45, 7) is 6.23. The predicted molar refractivity (Wildman–Crippen MR) is 161 cm³/mol. The Balaban J connectivity index is 1.31. The molecule has 0 amide bonds. The SMILES string of the molecule is CCN(CC)c1ccc(N=Nc2ccc(N=Nc3ccc(N=Nc4ccc(O)cc4)cc3)c3ccccc23)cc1. The molecule has 5 aromatic rings. The fourth-order valence-electron chi connectivity index (χ4n) is 4.20. The molecule has 8 nitrogen and oxygen atoms in total. The number of anilines is 1. The van der Waals surface area contributed by atoms with Crippen LogP contribution in [0.5, 0.6) is 5.75 Å². The van der Waals surface area contributed by atoms with Gasteiger partial charge in [0.15, 0.2) is 0 Å². The van der Waals surface area contributed by atoms with Crippen LogP contribution in [-0.2, 0) is 0 Å². The Morgan fingerprint density at radius 1 is 0.475 bits per heavy atom. The summed E-state index contributed by atoms with van der Waals surface area (Å²) in [5.41, 5.74) is 5.54. The van der Waals surface area contributed by atoms with Gasteiger partial charge in [-0.15, -0.1) is 10.2 Å². The molecule has 0 fully saturated rings. The number of hydrogen-bond donors (Lipinski definition) is 1.